The molecule has 0 bridgehead atoms. The molecule has 0 saturated heterocycles. The smallest absolute Gasteiger partial charge is 0.207 e. The molecule has 1 aromatic carbocycles. The highest BCUT2D eigenvalue weighted by molar-refractivity contribution is 14.1. The largest absolute Gasteiger partial charge is 0.240 e. The molecule has 0 amide bonds. The van der Waals surface area contributed by atoms with Crippen LogP contribution < -0.4 is 4.72 Å². The van der Waals surface area contributed by atoms with Crippen LogP contribution in [-0.4, -0.2) is 18.9 Å². The maximum atomic E-state index is 12.2. The third kappa shape index (κ3) is 4.85. The van der Waals surface area contributed by atoms with E-state index in [9.17, 15) is 8.42 Å². The van der Waals surface area contributed by atoms with Crippen molar-refractivity contribution in [1.29, 1.82) is 0 Å². The highest BCUT2D eigenvalue weighted by Gasteiger charge is 2.18. The van der Waals surface area contributed by atoms with Crippen LogP contribution in [-0.2, 0) is 10.0 Å². The van der Waals surface area contributed by atoms with Gasteiger partial charge in [-0.3, -0.25) is 0 Å². The number of sulfonamides is 1. The maximum absolute atomic E-state index is 12.2. The zero-order chi connectivity index (χ0) is 13.6. The summed E-state index contributed by atoms with van der Waals surface area (Å²) in [6.07, 6.45) is 3.02. The van der Waals surface area contributed by atoms with E-state index in [0.717, 1.165) is 29.3 Å². The third-order valence-electron chi connectivity index (χ3n) is 2.75. The van der Waals surface area contributed by atoms with Gasteiger partial charge in [-0.2, -0.15) is 0 Å². The van der Waals surface area contributed by atoms with E-state index in [-0.39, 0.29) is 6.04 Å². The summed E-state index contributed by atoms with van der Waals surface area (Å²) in [5.74, 6) is 0. The lowest BCUT2D eigenvalue weighted by Crippen LogP contribution is -2.35. The number of benzene rings is 1. The van der Waals surface area contributed by atoms with Crippen molar-refractivity contribution in [2.45, 2.75) is 44.0 Å². The van der Waals surface area contributed by atoms with Crippen LogP contribution in [0.25, 0.3) is 0 Å². The fraction of sp³-hybridized carbons (Fsp3) is 0.538. The lowest BCUT2D eigenvalue weighted by atomic mass is 10.2. The van der Waals surface area contributed by atoms with Crippen molar-refractivity contribution in [1.82, 2.24) is 4.72 Å². The minimum Gasteiger partial charge on any atom is -0.207 e. The Morgan fingerprint density at radius 3 is 2.39 bits per heavy atom. The van der Waals surface area contributed by atoms with E-state index < -0.39 is 10.0 Å². The first-order chi connectivity index (χ1) is 8.49. The van der Waals surface area contributed by atoms with E-state index in [1.54, 1.807) is 12.1 Å². The molecule has 1 atom stereocenters. The fourth-order valence-electron chi connectivity index (χ4n) is 1.62. The van der Waals surface area contributed by atoms with Crippen molar-refractivity contribution < 1.29 is 8.42 Å². The number of nitrogens with one attached hydrogen (secondary N) is 1. The molecule has 0 saturated carbocycles. The minimum absolute atomic E-state index is 0.0249. The number of unbranched alkanes of at least 4 members (excludes halogenated alkanes) is 1. The van der Waals surface area contributed by atoms with Crippen molar-refractivity contribution in [2.75, 3.05) is 4.43 Å². The van der Waals surface area contributed by atoms with Crippen LogP contribution in [0.1, 0.15) is 31.7 Å². The molecule has 0 heterocycles. The monoisotopic (exact) mass is 381 g/mol. The SMILES string of the molecule is CCCC[C@H](CI)NS(=O)(=O)c1ccc(C)cc1. The van der Waals surface area contributed by atoms with Gasteiger partial charge < -0.3 is 0 Å². The summed E-state index contributed by atoms with van der Waals surface area (Å²) in [6, 6.07) is 6.97. The first-order valence-electron chi connectivity index (χ1n) is 6.14. The van der Waals surface area contributed by atoms with Gasteiger partial charge in [0.1, 0.15) is 0 Å². The van der Waals surface area contributed by atoms with Crippen molar-refractivity contribution in [3.05, 3.63) is 29.8 Å². The second-order valence-corrected chi connectivity index (χ2v) is 7.02. The number of hydrogen-bond donors (Lipinski definition) is 1. The van der Waals surface area contributed by atoms with Crippen LogP contribution in [0, 0.1) is 6.92 Å². The van der Waals surface area contributed by atoms with Gasteiger partial charge in [-0.15, -0.1) is 0 Å². The molecule has 18 heavy (non-hydrogen) atoms. The Hall–Kier alpha value is -0.140. The number of rotatable bonds is 7. The highest BCUT2D eigenvalue weighted by atomic mass is 127. The van der Waals surface area contributed by atoms with Gasteiger partial charge in [-0.05, 0) is 25.5 Å². The van der Waals surface area contributed by atoms with E-state index in [2.05, 4.69) is 34.2 Å². The molecule has 1 rings (SSSR count). The fourth-order valence-corrected chi connectivity index (χ4v) is 3.85. The van der Waals surface area contributed by atoms with Gasteiger partial charge >= 0.3 is 0 Å². The molecular weight excluding hydrogens is 361 g/mol. The Labute approximate surface area is 124 Å². The zero-order valence-corrected chi connectivity index (χ0v) is 13.8. The minimum atomic E-state index is -3.37. The molecule has 0 fully saturated rings. The van der Waals surface area contributed by atoms with Crippen molar-refractivity contribution >= 4 is 32.6 Å². The zero-order valence-electron chi connectivity index (χ0n) is 10.8. The lowest BCUT2D eigenvalue weighted by molar-refractivity contribution is 0.540. The van der Waals surface area contributed by atoms with Gasteiger partial charge in [0.15, 0.2) is 0 Å². The Morgan fingerprint density at radius 1 is 1.28 bits per heavy atom. The van der Waals surface area contributed by atoms with Gasteiger partial charge in [0.25, 0.3) is 0 Å². The van der Waals surface area contributed by atoms with Gasteiger partial charge in [0.05, 0.1) is 4.90 Å². The number of halogens is 1. The van der Waals surface area contributed by atoms with Gasteiger partial charge in [-0.1, -0.05) is 60.1 Å². The van der Waals surface area contributed by atoms with Gasteiger partial charge in [0, 0.05) is 10.5 Å². The van der Waals surface area contributed by atoms with E-state index in [4.69, 9.17) is 0 Å². The summed E-state index contributed by atoms with van der Waals surface area (Å²) < 4.78 is 27.9. The molecule has 0 radical (unpaired) electrons. The number of alkyl halides is 1. The van der Waals surface area contributed by atoms with Crippen LogP contribution in [0.5, 0.6) is 0 Å². The van der Waals surface area contributed by atoms with E-state index >= 15 is 0 Å². The Kier molecular flexibility index (Phi) is 6.59. The first-order valence-corrected chi connectivity index (χ1v) is 9.15. The Bertz CT molecular complexity index is 456. The first kappa shape index (κ1) is 15.9. The summed E-state index contributed by atoms with van der Waals surface area (Å²) in [5.41, 5.74) is 1.06. The molecular formula is C13H20INO2S. The Morgan fingerprint density at radius 2 is 1.89 bits per heavy atom. The summed E-state index contributed by atoms with van der Waals surface area (Å²) in [5, 5.41) is 0. The van der Waals surface area contributed by atoms with E-state index in [1.165, 1.54) is 0 Å². The summed E-state index contributed by atoms with van der Waals surface area (Å²) >= 11 is 2.23. The summed E-state index contributed by atoms with van der Waals surface area (Å²) in [4.78, 5) is 0.347. The van der Waals surface area contributed by atoms with Crippen molar-refractivity contribution in [3.63, 3.8) is 0 Å². The third-order valence-corrected chi connectivity index (χ3v) is 5.35. The summed E-state index contributed by atoms with van der Waals surface area (Å²) in [6.45, 7) is 4.05. The predicted octanol–water partition coefficient (Wildman–Crippen LogP) is 3.27. The molecule has 0 aromatic heterocycles. The summed E-state index contributed by atoms with van der Waals surface area (Å²) in [7, 11) is -3.37. The second-order valence-electron chi connectivity index (χ2n) is 4.43. The molecule has 3 nitrogen and oxygen atoms in total. The lowest BCUT2D eigenvalue weighted by Gasteiger charge is -2.16. The van der Waals surface area contributed by atoms with Crippen molar-refractivity contribution in [3.8, 4) is 0 Å². The van der Waals surface area contributed by atoms with Crippen molar-refractivity contribution in [2.24, 2.45) is 0 Å². The molecule has 1 N–H and O–H groups in total. The number of hydrogen-bond acceptors (Lipinski definition) is 2. The highest BCUT2D eigenvalue weighted by Crippen LogP contribution is 2.13. The number of aryl methyl sites for hydroxylation is 1. The normalized spacial score (nSPS) is 13.5. The molecule has 5 heteroatoms. The van der Waals surface area contributed by atoms with Gasteiger partial charge in [-0.25, -0.2) is 13.1 Å². The van der Waals surface area contributed by atoms with Crippen LogP contribution in [0.3, 0.4) is 0 Å². The van der Waals surface area contributed by atoms with Crippen LogP contribution in [0.15, 0.2) is 29.2 Å². The second kappa shape index (κ2) is 7.45. The topological polar surface area (TPSA) is 46.2 Å². The molecule has 102 valence electrons. The standard InChI is InChI=1S/C13H20INO2S/c1-3-4-5-12(10-14)15-18(16,17)13-8-6-11(2)7-9-13/h6-9,12,15H,3-5,10H2,1-2H3/t12-/m1/s1. The Balaban J connectivity index is 2.77. The molecule has 0 aliphatic heterocycles. The quantitative estimate of drug-likeness (QED) is 0.582. The molecule has 0 spiro atoms. The molecule has 0 aliphatic rings. The van der Waals surface area contributed by atoms with E-state index in [1.807, 2.05) is 19.1 Å². The average molecular weight is 381 g/mol. The van der Waals surface area contributed by atoms with Crippen LogP contribution in [0.2, 0.25) is 0 Å². The molecule has 1 aromatic rings. The van der Waals surface area contributed by atoms with Gasteiger partial charge in [0.2, 0.25) is 10.0 Å². The maximum Gasteiger partial charge on any atom is 0.240 e. The van der Waals surface area contributed by atoms with Crippen LogP contribution in [0.4, 0.5) is 0 Å². The van der Waals surface area contributed by atoms with E-state index in [0.29, 0.717) is 4.90 Å². The van der Waals surface area contributed by atoms with Crippen LogP contribution >= 0.6 is 22.6 Å². The average Bonchev–Trinajstić information content (AvgIpc) is 2.35. The molecule has 0 aliphatic carbocycles. The predicted molar refractivity (Wildman–Crippen MR) is 83.7 cm³/mol. The molecule has 0 unspecified atom stereocenters.